The lowest BCUT2D eigenvalue weighted by Gasteiger charge is -2.72. The third kappa shape index (κ3) is 6.09. The minimum atomic E-state index is -3.07. The predicted octanol–water partition coefficient (Wildman–Crippen LogP) is 9.78. The van der Waals surface area contributed by atoms with Crippen LogP contribution in [0.25, 0.3) is 0 Å². The third-order valence-corrected chi connectivity index (χ3v) is 20.5. The smallest absolute Gasteiger partial charge is 0.312 e. The van der Waals surface area contributed by atoms with E-state index < -0.39 is 33.5 Å². The van der Waals surface area contributed by atoms with Gasteiger partial charge in [-0.15, -0.1) is 0 Å². The Balaban J connectivity index is 1.12. The molecule has 304 valence electrons. The molecule has 7 aliphatic carbocycles. The van der Waals surface area contributed by atoms with E-state index >= 15 is 0 Å². The first kappa shape index (κ1) is 40.7. The zero-order chi connectivity index (χ0) is 39.3. The van der Waals surface area contributed by atoms with Crippen LogP contribution in [0.1, 0.15) is 151 Å². The number of halogens is 1. The monoisotopic (exact) mass is 770 g/mol. The highest BCUT2D eigenvalue weighted by molar-refractivity contribution is 7.91. The first-order chi connectivity index (χ1) is 25.1. The Hall–Kier alpha value is -1.51. The average Bonchev–Trinajstić information content (AvgIpc) is 3.48. The van der Waals surface area contributed by atoms with Crippen molar-refractivity contribution >= 4 is 15.8 Å². The summed E-state index contributed by atoms with van der Waals surface area (Å²) in [6, 6.07) is 0. The van der Waals surface area contributed by atoms with E-state index in [1.54, 1.807) is 0 Å². The van der Waals surface area contributed by atoms with Gasteiger partial charge in [0.25, 0.3) is 0 Å². The van der Waals surface area contributed by atoms with E-state index in [-0.39, 0.29) is 38.9 Å². The van der Waals surface area contributed by atoms with Crippen molar-refractivity contribution < 1.29 is 27.8 Å². The highest BCUT2D eigenvalue weighted by Crippen LogP contribution is 2.76. The van der Waals surface area contributed by atoms with Crippen molar-refractivity contribution in [2.45, 2.75) is 167 Å². The molecule has 0 spiro atoms. The molecule has 6 nitrogen and oxygen atoms in total. The van der Waals surface area contributed by atoms with Gasteiger partial charge in [0.05, 0.1) is 16.3 Å². The molecular weight excluding hydrogens is 698 g/mol. The molecule has 0 aromatic heterocycles. The normalized spacial score (nSPS) is 47.3. The van der Waals surface area contributed by atoms with Gasteiger partial charge in [-0.05, 0) is 185 Å². The minimum Gasteiger partial charge on any atom is -0.481 e. The molecule has 0 aromatic rings. The van der Waals surface area contributed by atoms with Gasteiger partial charge in [-0.1, -0.05) is 58.9 Å². The van der Waals surface area contributed by atoms with E-state index in [9.17, 15) is 27.8 Å². The van der Waals surface area contributed by atoms with Crippen LogP contribution in [0.2, 0.25) is 0 Å². The SMILES string of the molecule is C=C(C)[C@@H]1CC[C@@]2(NCCC3(O)CCC(S(C)(=O)=O)CC3)CC[C@]3(C)[C@H](CC[C@@H]4[C@@]5(C)CC=C(C6=CC[C@](CF)(C(=O)O)CC6)C(C)(C)[C@@H]5CC[C@]43C)[C@@H]12. The Bertz CT molecular complexity index is 1690. The maximum Gasteiger partial charge on any atom is 0.312 e. The van der Waals surface area contributed by atoms with Gasteiger partial charge in [0.2, 0.25) is 0 Å². The molecule has 54 heavy (non-hydrogen) atoms. The van der Waals surface area contributed by atoms with Crippen molar-refractivity contribution in [2.75, 3.05) is 19.5 Å². The van der Waals surface area contributed by atoms with Gasteiger partial charge in [-0.2, -0.15) is 0 Å². The second-order valence-corrected chi connectivity index (χ2v) is 23.8. The first-order valence-electron chi connectivity index (χ1n) is 21.6. The molecule has 0 aromatic carbocycles. The van der Waals surface area contributed by atoms with Crippen molar-refractivity contribution in [3.8, 4) is 0 Å². The second kappa shape index (κ2) is 13.5. The number of carboxylic acids is 1. The van der Waals surface area contributed by atoms with Gasteiger partial charge in [0.15, 0.2) is 0 Å². The van der Waals surface area contributed by atoms with E-state index in [0.717, 1.165) is 25.8 Å². The molecule has 7 aliphatic rings. The fourth-order valence-electron chi connectivity index (χ4n) is 15.5. The van der Waals surface area contributed by atoms with Crippen molar-refractivity contribution in [1.29, 1.82) is 0 Å². The fourth-order valence-corrected chi connectivity index (χ4v) is 16.6. The van der Waals surface area contributed by atoms with Crippen LogP contribution in [0.4, 0.5) is 4.39 Å². The van der Waals surface area contributed by atoms with Gasteiger partial charge in [0.1, 0.15) is 16.5 Å². The number of carboxylic acid groups (broad SMARTS) is 1. The summed E-state index contributed by atoms with van der Waals surface area (Å²) in [6.45, 7) is 19.7. The average molecular weight is 770 g/mol. The van der Waals surface area contributed by atoms with Crippen LogP contribution in [-0.2, 0) is 14.6 Å². The molecular formula is C46H72FNO5S. The van der Waals surface area contributed by atoms with Crippen LogP contribution in [0.15, 0.2) is 35.5 Å². The first-order valence-corrected chi connectivity index (χ1v) is 23.6. The van der Waals surface area contributed by atoms with Gasteiger partial charge >= 0.3 is 5.97 Å². The van der Waals surface area contributed by atoms with Gasteiger partial charge in [-0.3, -0.25) is 4.79 Å². The highest BCUT2D eigenvalue weighted by Gasteiger charge is 2.70. The predicted molar refractivity (Wildman–Crippen MR) is 215 cm³/mol. The Morgan fingerprint density at radius 3 is 2.19 bits per heavy atom. The standard InChI is InChI=1S/C46H72FNO5S/c1-30(2)33-15-24-46(48-28-27-45(51)22-13-32(14-23-45)54(8,52)53)26-25-42(6)35(38(33)46)9-10-37-41(5)18-16-34(40(3,4)36(41)17-19-43(37,42)7)31-11-20-44(29-47,21-12-31)39(49)50/h11,16,32-33,35-38,48,51H,1,9-10,12-15,17-29H2,2-8H3,(H,49,50)/t32?,33-,35+,36-,37+,38+,41-,42+,43+,44-,45?,46+/m0/s1. The van der Waals surface area contributed by atoms with Gasteiger partial charge < -0.3 is 15.5 Å². The van der Waals surface area contributed by atoms with E-state index in [2.05, 4.69) is 65.6 Å². The Labute approximate surface area is 326 Å². The number of hydrogen-bond acceptors (Lipinski definition) is 5. The summed E-state index contributed by atoms with van der Waals surface area (Å²) in [4.78, 5) is 12.0. The number of allylic oxidation sites excluding steroid dienone is 5. The van der Waals surface area contributed by atoms with Crippen LogP contribution < -0.4 is 5.32 Å². The topological polar surface area (TPSA) is 104 Å². The molecule has 0 unspecified atom stereocenters. The van der Waals surface area contributed by atoms with Crippen LogP contribution in [0.5, 0.6) is 0 Å². The number of alkyl halides is 1. The number of aliphatic hydroxyl groups is 1. The lowest BCUT2D eigenvalue weighted by molar-refractivity contribution is -0.221. The number of rotatable bonds is 9. The van der Waals surface area contributed by atoms with Crippen molar-refractivity contribution in [3.05, 3.63) is 35.5 Å². The number of hydrogen-bond donors (Lipinski definition) is 3. The third-order valence-electron chi connectivity index (χ3n) is 18.8. The van der Waals surface area contributed by atoms with E-state index in [4.69, 9.17) is 0 Å². The summed E-state index contributed by atoms with van der Waals surface area (Å²) in [5.41, 5.74) is 2.54. The molecule has 3 N–H and O–H groups in total. The lowest BCUT2D eigenvalue weighted by Crippen LogP contribution is -2.68. The van der Waals surface area contributed by atoms with Crippen LogP contribution in [-0.4, -0.2) is 60.5 Å². The lowest BCUT2D eigenvalue weighted by atomic mass is 9.33. The molecule has 0 heterocycles. The van der Waals surface area contributed by atoms with Crippen molar-refractivity contribution in [1.82, 2.24) is 5.32 Å². The zero-order valence-corrected chi connectivity index (χ0v) is 35.5. The van der Waals surface area contributed by atoms with E-state index in [0.29, 0.717) is 74.5 Å². The number of carbonyl (C=O) groups is 1. The number of fused-ring (bicyclic) bond motifs is 7. The van der Waals surface area contributed by atoms with Crippen LogP contribution >= 0.6 is 0 Å². The molecule has 7 rings (SSSR count). The highest BCUT2D eigenvalue weighted by atomic mass is 32.2. The quantitative estimate of drug-likeness (QED) is 0.202. The molecule has 5 fully saturated rings. The molecule has 10 atom stereocenters. The van der Waals surface area contributed by atoms with Gasteiger partial charge in [0, 0.05) is 11.8 Å². The van der Waals surface area contributed by atoms with E-state index in [1.165, 1.54) is 61.5 Å². The van der Waals surface area contributed by atoms with Crippen molar-refractivity contribution in [2.24, 2.45) is 56.7 Å². The Morgan fingerprint density at radius 1 is 0.889 bits per heavy atom. The maximum atomic E-state index is 14.0. The van der Waals surface area contributed by atoms with Crippen molar-refractivity contribution in [3.63, 3.8) is 0 Å². The molecule has 0 saturated heterocycles. The second-order valence-electron chi connectivity index (χ2n) is 21.5. The summed E-state index contributed by atoms with van der Waals surface area (Å²) in [6.07, 6.45) is 20.8. The summed E-state index contributed by atoms with van der Waals surface area (Å²) in [7, 11) is -3.07. The summed E-state index contributed by atoms with van der Waals surface area (Å²) < 4.78 is 38.4. The van der Waals surface area contributed by atoms with E-state index in [1.807, 2.05) is 0 Å². The zero-order valence-electron chi connectivity index (χ0n) is 34.7. The summed E-state index contributed by atoms with van der Waals surface area (Å²) in [5, 5.41) is 25.2. The largest absolute Gasteiger partial charge is 0.481 e. The molecule has 0 amide bonds. The van der Waals surface area contributed by atoms with Crippen LogP contribution in [0.3, 0.4) is 0 Å². The molecule has 0 bridgehead atoms. The number of sulfone groups is 1. The Morgan fingerprint density at radius 2 is 1.59 bits per heavy atom. The minimum absolute atomic E-state index is 0.0346. The number of aliphatic carboxylic acids is 1. The molecule has 0 aliphatic heterocycles. The van der Waals surface area contributed by atoms with Gasteiger partial charge in [-0.25, -0.2) is 12.8 Å². The summed E-state index contributed by atoms with van der Waals surface area (Å²) in [5.74, 6) is 1.79. The number of nitrogens with one attached hydrogen (secondary N) is 1. The summed E-state index contributed by atoms with van der Waals surface area (Å²) >= 11 is 0. The van der Waals surface area contributed by atoms with Crippen LogP contribution in [0, 0.1) is 56.7 Å². The maximum absolute atomic E-state index is 14.0. The fraction of sp³-hybridized carbons (Fsp3) is 0.848. The Kier molecular flexibility index (Phi) is 10.2. The molecule has 5 saturated carbocycles. The molecule has 0 radical (unpaired) electrons. The molecule has 8 heteroatoms.